The van der Waals surface area contributed by atoms with Crippen molar-refractivity contribution in [2.45, 2.75) is 20.3 Å². The molecule has 0 radical (unpaired) electrons. The highest BCUT2D eigenvalue weighted by atomic mass is 32.1. The highest BCUT2D eigenvalue weighted by molar-refractivity contribution is 7.18. The summed E-state index contributed by atoms with van der Waals surface area (Å²) >= 11 is 1.58. The molecule has 0 aliphatic rings. The van der Waals surface area contributed by atoms with E-state index in [1.54, 1.807) is 17.4 Å². The first kappa shape index (κ1) is 13.8. The lowest BCUT2D eigenvalue weighted by Crippen LogP contribution is -2.01. The summed E-state index contributed by atoms with van der Waals surface area (Å²) in [5, 5.41) is 3.89. The van der Waals surface area contributed by atoms with Crippen molar-refractivity contribution < 1.29 is 4.39 Å². The minimum Gasteiger partial charge on any atom is -0.368 e. The molecule has 0 fully saturated rings. The van der Waals surface area contributed by atoms with Gasteiger partial charge in [0.25, 0.3) is 0 Å². The van der Waals surface area contributed by atoms with E-state index >= 15 is 0 Å². The van der Waals surface area contributed by atoms with Crippen molar-refractivity contribution in [3.05, 3.63) is 40.5 Å². The largest absolute Gasteiger partial charge is 0.368 e. The van der Waals surface area contributed by atoms with Crippen molar-refractivity contribution in [1.29, 1.82) is 0 Å². The number of aromatic nitrogens is 2. The maximum absolute atomic E-state index is 14.0. The lowest BCUT2D eigenvalue weighted by molar-refractivity contribution is 0.630. The second-order valence-electron chi connectivity index (χ2n) is 4.82. The van der Waals surface area contributed by atoms with Crippen molar-refractivity contribution in [3.8, 4) is 0 Å². The Balaban J connectivity index is 2.08. The van der Waals surface area contributed by atoms with Crippen LogP contribution in [0.2, 0.25) is 0 Å². The Hall–Kier alpha value is -2.21. The Morgan fingerprint density at radius 1 is 1.29 bits per heavy atom. The first-order valence-corrected chi connectivity index (χ1v) is 7.47. The summed E-state index contributed by atoms with van der Waals surface area (Å²) in [6.45, 7) is 3.92. The van der Waals surface area contributed by atoms with Gasteiger partial charge in [-0.1, -0.05) is 13.0 Å². The molecular formula is C15H15FN4S. The van der Waals surface area contributed by atoms with Gasteiger partial charge in [0.15, 0.2) is 0 Å². The standard InChI is InChI=1S/C15H15FN4S/c1-3-9-7-10-13(19-15(17)20-14(10)21-9)18-12-5-4-8(2)6-11(12)16/h4-7H,3H2,1-2H3,(H3,17,18,19,20). The molecule has 0 atom stereocenters. The van der Waals surface area contributed by atoms with Gasteiger partial charge in [0.05, 0.1) is 11.1 Å². The zero-order valence-electron chi connectivity index (χ0n) is 11.8. The zero-order chi connectivity index (χ0) is 15.0. The molecule has 0 saturated carbocycles. The van der Waals surface area contributed by atoms with Crippen LogP contribution >= 0.6 is 11.3 Å². The Kier molecular flexibility index (Phi) is 3.47. The van der Waals surface area contributed by atoms with Crippen LogP contribution in [-0.4, -0.2) is 9.97 Å². The minimum atomic E-state index is -0.314. The first-order valence-electron chi connectivity index (χ1n) is 6.66. The average Bonchev–Trinajstić information content (AvgIpc) is 2.85. The van der Waals surface area contributed by atoms with Gasteiger partial charge in [-0.15, -0.1) is 11.3 Å². The molecule has 1 aromatic carbocycles. The van der Waals surface area contributed by atoms with Crippen molar-refractivity contribution in [1.82, 2.24) is 9.97 Å². The van der Waals surface area contributed by atoms with E-state index in [0.29, 0.717) is 11.5 Å². The monoisotopic (exact) mass is 302 g/mol. The molecule has 108 valence electrons. The van der Waals surface area contributed by atoms with Gasteiger partial charge in [-0.25, -0.2) is 9.37 Å². The number of anilines is 3. The number of benzene rings is 1. The topological polar surface area (TPSA) is 63.8 Å². The molecule has 0 aliphatic carbocycles. The second kappa shape index (κ2) is 5.29. The molecule has 6 heteroatoms. The fraction of sp³-hybridized carbons (Fsp3) is 0.200. The van der Waals surface area contributed by atoms with Crippen LogP contribution in [0.5, 0.6) is 0 Å². The van der Waals surface area contributed by atoms with Gasteiger partial charge in [0.2, 0.25) is 5.95 Å². The van der Waals surface area contributed by atoms with Crippen molar-refractivity contribution in [3.63, 3.8) is 0 Å². The number of thiophene rings is 1. The van der Waals surface area contributed by atoms with E-state index < -0.39 is 0 Å². The average molecular weight is 302 g/mol. The number of fused-ring (bicyclic) bond motifs is 1. The maximum atomic E-state index is 14.0. The molecule has 3 aromatic rings. The van der Waals surface area contributed by atoms with E-state index in [2.05, 4.69) is 22.2 Å². The zero-order valence-corrected chi connectivity index (χ0v) is 12.6. The summed E-state index contributed by atoms with van der Waals surface area (Å²) in [6.07, 6.45) is 0.916. The summed E-state index contributed by atoms with van der Waals surface area (Å²) in [5.41, 5.74) is 6.99. The highest BCUT2D eigenvalue weighted by Gasteiger charge is 2.12. The Morgan fingerprint density at radius 3 is 2.81 bits per heavy atom. The number of aryl methyl sites for hydroxylation is 2. The molecule has 0 amide bonds. The van der Waals surface area contributed by atoms with E-state index in [4.69, 9.17) is 5.73 Å². The molecule has 2 aromatic heterocycles. The molecule has 0 unspecified atom stereocenters. The normalized spacial score (nSPS) is 11.0. The molecular weight excluding hydrogens is 287 g/mol. The van der Waals surface area contributed by atoms with E-state index in [-0.39, 0.29) is 11.8 Å². The van der Waals surface area contributed by atoms with Crippen LogP contribution in [-0.2, 0) is 6.42 Å². The van der Waals surface area contributed by atoms with Crippen LogP contribution in [0.3, 0.4) is 0 Å². The van der Waals surface area contributed by atoms with Gasteiger partial charge in [0, 0.05) is 4.88 Å². The molecule has 0 spiro atoms. The van der Waals surface area contributed by atoms with Crippen molar-refractivity contribution in [2.24, 2.45) is 0 Å². The molecule has 4 nitrogen and oxygen atoms in total. The third-order valence-corrected chi connectivity index (χ3v) is 4.36. The van der Waals surface area contributed by atoms with Crippen molar-refractivity contribution in [2.75, 3.05) is 11.1 Å². The summed E-state index contributed by atoms with van der Waals surface area (Å²) in [6, 6.07) is 7.04. The van der Waals surface area contributed by atoms with E-state index in [9.17, 15) is 4.39 Å². The summed E-state index contributed by atoms with van der Waals surface area (Å²) in [7, 11) is 0. The minimum absolute atomic E-state index is 0.182. The molecule has 0 bridgehead atoms. The van der Waals surface area contributed by atoms with Gasteiger partial charge < -0.3 is 11.1 Å². The van der Waals surface area contributed by atoms with Gasteiger partial charge >= 0.3 is 0 Å². The Morgan fingerprint density at radius 2 is 2.10 bits per heavy atom. The molecule has 3 rings (SSSR count). The summed E-state index contributed by atoms with van der Waals surface area (Å²) in [5.74, 6) is 0.407. The smallest absolute Gasteiger partial charge is 0.223 e. The Bertz CT molecular complexity index is 813. The third-order valence-electron chi connectivity index (χ3n) is 3.19. The van der Waals surface area contributed by atoms with E-state index in [1.807, 2.05) is 19.1 Å². The highest BCUT2D eigenvalue weighted by Crippen LogP contribution is 2.32. The number of halogens is 1. The van der Waals surface area contributed by atoms with Crippen molar-refractivity contribution >= 4 is 39.0 Å². The Labute approximate surface area is 125 Å². The molecule has 0 saturated heterocycles. The predicted molar refractivity (Wildman–Crippen MR) is 85.6 cm³/mol. The molecule has 0 aliphatic heterocycles. The summed E-state index contributed by atoms with van der Waals surface area (Å²) in [4.78, 5) is 10.4. The van der Waals surface area contributed by atoms with Crippen LogP contribution in [0.25, 0.3) is 10.2 Å². The number of rotatable bonds is 3. The molecule has 21 heavy (non-hydrogen) atoms. The number of nitrogens with zero attached hydrogens (tertiary/aromatic N) is 2. The van der Waals surface area contributed by atoms with Crippen LogP contribution in [0.15, 0.2) is 24.3 Å². The van der Waals surface area contributed by atoms with Gasteiger partial charge in [0.1, 0.15) is 16.5 Å². The number of hydrogen-bond donors (Lipinski definition) is 2. The van der Waals surface area contributed by atoms with Crippen LogP contribution in [0.4, 0.5) is 21.8 Å². The van der Waals surface area contributed by atoms with Crippen LogP contribution in [0.1, 0.15) is 17.4 Å². The second-order valence-corrected chi connectivity index (χ2v) is 5.94. The lowest BCUT2D eigenvalue weighted by Gasteiger charge is -2.08. The molecule has 2 heterocycles. The third kappa shape index (κ3) is 2.67. The fourth-order valence-corrected chi connectivity index (χ4v) is 3.08. The van der Waals surface area contributed by atoms with Gasteiger partial charge in [-0.3, -0.25) is 0 Å². The lowest BCUT2D eigenvalue weighted by atomic mass is 10.2. The fourth-order valence-electron chi connectivity index (χ4n) is 2.11. The van der Waals surface area contributed by atoms with E-state index in [0.717, 1.165) is 22.2 Å². The first-order chi connectivity index (χ1) is 10.1. The predicted octanol–water partition coefficient (Wildman–Crippen LogP) is 4.03. The number of nitrogen functional groups attached to an aromatic ring is 1. The number of nitrogens with two attached hydrogens (primary N) is 1. The molecule has 3 N–H and O–H groups in total. The maximum Gasteiger partial charge on any atom is 0.223 e. The van der Waals surface area contributed by atoms with Crippen LogP contribution < -0.4 is 11.1 Å². The van der Waals surface area contributed by atoms with Gasteiger partial charge in [-0.05, 0) is 37.1 Å². The SMILES string of the molecule is CCc1cc2c(Nc3ccc(C)cc3F)nc(N)nc2s1. The quantitative estimate of drug-likeness (QED) is 0.767. The number of nitrogens with one attached hydrogen (secondary N) is 1. The van der Waals surface area contributed by atoms with E-state index in [1.165, 1.54) is 10.9 Å². The number of hydrogen-bond acceptors (Lipinski definition) is 5. The van der Waals surface area contributed by atoms with Gasteiger partial charge in [-0.2, -0.15) is 4.98 Å². The van der Waals surface area contributed by atoms with Crippen LogP contribution in [0, 0.1) is 12.7 Å². The summed E-state index contributed by atoms with van der Waals surface area (Å²) < 4.78 is 14.0.